The number of amides is 2. The molecule has 0 aliphatic heterocycles. The zero-order valence-electron chi connectivity index (χ0n) is 18.2. The molecule has 0 saturated heterocycles. The van der Waals surface area contributed by atoms with Gasteiger partial charge in [-0.1, -0.05) is 61.7 Å². The molecule has 0 aromatic heterocycles. The molecule has 1 aliphatic rings. The Morgan fingerprint density at radius 1 is 0.938 bits per heavy atom. The average molecular weight is 517 g/mol. The number of nitrogens with zero attached hydrogens (tertiary/aromatic N) is 1. The summed E-state index contributed by atoms with van der Waals surface area (Å²) in [6.45, 7) is 0. The van der Waals surface area contributed by atoms with Gasteiger partial charge in [0, 0.05) is 21.7 Å². The van der Waals surface area contributed by atoms with E-state index in [1.165, 1.54) is 24.8 Å². The largest absolute Gasteiger partial charge is 0.339 e. The second kappa shape index (κ2) is 13.4. The van der Waals surface area contributed by atoms with Gasteiger partial charge >= 0.3 is 0 Å². The minimum Gasteiger partial charge on any atom is -0.339 e. The van der Waals surface area contributed by atoms with E-state index in [4.69, 9.17) is 0 Å². The molecule has 0 heterocycles. The Hall–Kier alpha value is -2.12. The maximum absolute atomic E-state index is 13.0. The van der Waals surface area contributed by atoms with Crippen LogP contribution in [0.3, 0.4) is 0 Å². The number of carbonyl (C=O) groups is 2. The molecule has 2 aromatic rings. The fourth-order valence-corrected chi connectivity index (χ4v) is 5.05. The third-order valence-corrected chi connectivity index (χ3v) is 7.19. The molecule has 0 spiro atoms. The van der Waals surface area contributed by atoms with E-state index in [-0.39, 0.29) is 11.8 Å². The van der Waals surface area contributed by atoms with Crippen LogP contribution in [0.15, 0.2) is 64.2 Å². The molecule has 170 valence electrons. The van der Waals surface area contributed by atoms with Crippen LogP contribution in [-0.2, 0) is 10.5 Å². The molecule has 2 aromatic carbocycles. The number of rotatable bonds is 8. The smallest absolute Gasteiger partial charge is 0.263 e. The van der Waals surface area contributed by atoms with Crippen LogP contribution in [0, 0.1) is 0 Å². The van der Waals surface area contributed by atoms with Gasteiger partial charge in [-0.3, -0.25) is 9.59 Å². The molecule has 0 radical (unpaired) electrons. The molecule has 32 heavy (non-hydrogen) atoms. The first-order valence-corrected chi connectivity index (χ1v) is 13.1. The Morgan fingerprint density at radius 2 is 1.59 bits per heavy atom. The standard InChI is InChI=1S/C25H30BrN3O2S/c26-22-16-10-9-15-21(22)24(30)27-23(18-32-17-19-11-5-4-6-12-19)25(31)29-28-20-13-7-2-1-3-8-14-20/h4-6,9-12,15-16,23H,1-3,7-8,13-14,17-18H2,(H,27,30)(H,29,31)/t23-/m1/s1. The summed E-state index contributed by atoms with van der Waals surface area (Å²) in [7, 11) is 0. The summed E-state index contributed by atoms with van der Waals surface area (Å²) in [5.74, 6) is 0.670. The van der Waals surface area contributed by atoms with Crippen LogP contribution in [0.1, 0.15) is 60.9 Å². The third-order valence-electron chi connectivity index (χ3n) is 5.39. The summed E-state index contributed by atoms with van der Waals surface area (Å²) < 4.78 is 0.698. The van der Waals surface area contributed by atoms with Crippen LogP contribution in [-0.4, -0.2) is 29.3 Å². The number of carbonyl (C=O) groups excluding carboxylic acids is 2. The van der Waals surface area contributed by atoms with Crippen molar-refractivity contribution in [1.82, 2.24) is 10.7 Å². The summed E-state index contributed by atoms with van der Waals surface area (Å²) >= 11 is 5.03. The number of hydrogen-bond donors (Lipinski definition) is 2. The van der Waals surface area contributed by atoms with Gasteiger partial charge < -0.3 is 5.32 Å². The van der Waals surface area contributed by atoms with Crippen LogP contribution in [0.4, 0.5) is 0 Å². The molecule has 1 aliphatic carbocycles. The summed E-state index contributed by atoms with van der Waals surface area (Å²) in [5.41, 5.74) is 5.47. The second-order valence-corrected chi connectivity index (χ2v) is 9.81. The van der Waals surface area contributed by atoms with Crippen LogP contribution in [0.2, 0.25) is 0 Å². The molecule has 1 fully saturated rings. The van der Waals surface area contributed by atoms with Gasteiger partial charge in [-0.05, 0) is 59.3 Å². The number of benzene rings is 2. The van der Waals surface area contributed by atoms with E-state index >= 15 is 0 Å². The lowest BCUT2D eigenvalue weighted by atomic mass is 9.99. The van der Waals surface area contributed by atoms with Gasteiger partial charge in [0.05, 0.1) is 5.56 Å². The van der Waals surface area contributed by atoms with Crippen molar-refractivity contribution in [2.75, 3.05) is 5.75 Å². The Labute approximate surface area is 203 Å². The zero-order chi connectivity index (χ0) is 22.6. The fraction of sp³-hybridized carbons (Fsp3) is 0.400. The number of hydrazone groups is 1. The topological polar surface area (TPSA) is 70.6 Å². The zero-order valence-corrected chi connectivity index (χ0v) is 20.6. The Kier molecular flexibility index (Phi) is 10.3. The number of halogens is 1. The van der Waals surface area contributed by atoms with Crippen molar-refractivity contribution in [1.29, 1.82) is 0 Å². The molecule has 5 nitrogen and oxygen atoms in total. The maximum atomic E-state index is 13.0. The van der Waals surface area contributed by atoms with Crippen molar-refractivity contribution in [2.24, 2.45) is 5.10 Å². The fourth-order valence-electron chi connectivity index (χ4n) is 3.57. The van der Waals surface area contributed by atoms with Crippen molar-refractivity contribution < 1.29 is 9.59 Å². The molecule has 0 bridgehead atoms. The van der Waals surface area contributed by atoms with E-state index in [1.54, 1.807) is 23.9 Å². The Bertz CT molecular complexity index is 910. The lowest BCUT2D eigenvalue weighted by Crippen LogP contribution is -2.47. The highest BCUT2D eigenvalue weighted by Crippen LogP contribution is 2.18. The monoisotopic (exact) mass is 515 g/mol. The lowest BCUT2D eigenvalue weighted by molar-refractivity contribution is -0.122. The molecule has 7 heteroatoms. The Balaban J connectivity index is 1.64. The third kappa shape index (κ3) is 8.10. The highest BCUT2D eigenvalue weighted by molar-refractivity contribution is 9.10. The van der Waals surface area contributed by atoms with Crippen LogP contribution >= 0.6 is 27.7 Å². The number of hydrogen-bond acceptors (Lipinski definition) is 4. The van der Waals surface area contributed by atoms with Gasteiger partial charge in [0.25, 0.3) is 11.8 Å². The highest BCUT2D eigenvalue weighted by atomic mass is 79.9. The van der Waals surface area contributed by atoms with Crippen LogP contribution in [0.5, 0.6) is 0 Å². The van der Waals surface area contributed by atoms with E-state index in [0.717, 1.165) is 37.1 Å². The number of nitrogens with one attached hydrogen (secondary N) is 2. The van der Waals surface area contributed by atoms with Gasteiger partial charge in [0.1, 0.15) is 6.04 Å². The minimum absolute atomic E-state index is 0.277. The molecular weight excluding hydrogens is 486 g/mol. The summed E-state index contributed by atoms with van der Waals surface area (Å²) in [5, 5.41) is 7.32. The molecular formula is C25H30BrN3O2S. The summed E-state index contributed by atoms with van der Waals surface area (Å²) in [6.07, 6.45) is 7.80. The van der Waals surface area contributed by atoms with E-state index < -0.39 is 6.04 Å². The first-order chi connectivity index (χ1) is 15.6. The van der Waals surface area contributed by atoms with Crippen molar-refractivity contribution in [2.45, 2.75) is 56.7 Å². The molecule has 2 N–H and O–H groups in total. The van der Waals surface area contributed by atoms with E-state index in [1.807, 2.05) is 30.3 Å². The van der Waals surface area contributed by atoms with E-state index in [2.05, 4.69) is 43.9 Å². The van der Waals surface area contributed by atoms with Crippen LogP contribution in [0.25, 0.3) is 0 Å². The summed E-state index contributed by atoms with van der Waals surface area (Å²) in [6, 6.07) is 16.6. The lowest BCUT2D eigenvalue weighted by Gasteiger charge is -2.18. The molecule has 3 rings (SSSR count). The van der Waals surface area contributed by atoms with E-state index in [9.17, 15) is 9.59 Å². The molecule has 2 amide bonds. The molecule has 1 atom stereocenters. The molecule has 1 saturated carbocycles. The molecule has 0 unspecified atom stereocenters. The van der Waals surface area contributed by atoms with E-state index in [0.29, 0.717) is 15.8 Å². The maximum Gasteiger partial charge on any atom is 0.263 e. The van der Waals surface area contributed by atoms with Crippen LogP contribution < -0.4 is 10.7 Å². The van der Waals surface area contributed by atoms with Crippen molar-refractivity contribution in [3.8, 4) is 0 Å². The van der Waals surface area contributed by atoms with Crippen molar-refractivity contribution in [3.05, 3.63) is 70.2 Å². The highest BCUT2D eigenvalue weighted by Gasteiger charge is 2.22. The quantitative estimate of drug-likeness (QED) is 0.443. The van der Waals surface area contributed by atoms with Gasteiger partial charge in [0.15, 0.2) is 0 Å². The number of thioether (sulfide) groups is 1. The van der Waals surface area contributed by atoms with Crippen molar-refractivity contribution in [3.63, 3.8) is 0 Å². The predicted molar refractivity (Wildman–Crippen MR) is 136 cm³/mol. The predicted octanol–water partition coefficient (Wildman–Crippen LogP) is 5.70. The van der Waals surface area contributed by atoms with Gasteiger partial charge in [-0.25, -0.2) is 5.43 Å². The first kappa shape index (κ1) is 24.5. The average Bonchev–Trinajstić information content (AvgIpc) is 2.78. The first-order valence-electron chi connectivity index (χ1n) is 11.2. The van der Waals surface area contributed by atoms with Gasteiger partial charge in [0.2, 0.25) is 0 Å². The Morgan fingerprint density at radius 3 is 2.31 bits per heavy atom. The van der Waals surface area contributed by atoms with Gasteiger partial charge in [-0.2, -0.15) is 16.9 Å². The van der Waals surface area contributed by atoms with Gasteiger partial charge in [-0.15, -0.1) is 0 Å². The second-order valence-electron chi connectivity index (χ2n) is 7.93. The van der Waals surface area contributed by atoms with Crippen molar-refractivity contribution >= 4 is 45.2 Å². The summed E-state index contributed by atoms with van der Waals surface area (Å²) in [4.78, 5) is 25.8. The SMILES string of the molecule is O=C(N[C@H](CSCc1ccccc1)C(=O)NN=C1CCCCCCC1)c1ccccc1Br. The normalized spacial score (nSPS) is 15.2. The minimum atomic E-state index is -0.679.